The van der Waals surface area contributed by atoms with Gasteiger partial charge in [0.25, 0.3) is 0 Å². The molecule has 0 aliphatic heterocycles. The van der Waals surface area contributed by atoms with Crippen molar-refractivity contribution in [3.8, 4) is 0 Å². The average Bonchev–Trinajstić information content (AvgIpc) is 2.17. The summed E-state index contributed by atoms with van der Waals surface area (Å²) in [5.74, 6) is -0.435. The SMILES string of the molecule is COC(=O)c1cc(SC)ncc1N. The number of aromatic nitrogens is 1. The maximum Gasteiger partial charge on any atom is 0.340 e. The Hall–Kier alpha value is -1.23. The van der Waals surface area contributed by atoms with Crippen molar-refractivity contribution < 1.29 is 9.53 Å². The van der Waals surface area contributed by atoms with Gasteiger partial charge in [0, 0.05) is 0 Å². The van der Waals surface area contributed by atoms with Gasteiger partial charge in [-0.25, -0.2) is 9.78 Å². The molecule has 1 aromatic heterocycles. The van der Waals surface area contributed by atoms with E-state index in [0.29, 0.717) is 11.3 Å². The van der Waals surface area contributed by atoms with Crippen LogP contribution in [0.4, 0.5) is 5.69 Å². The Kier molecular flexibility index (Phi) is 3.13. The number of nitrogens with two attached hydrogens (primary N) is 1. The van der Waals surface area contributed by atoms with Gasteiger partial charge in [-0.1, -0.05) is 0 Å². The number of rotatable bonds is 2. The van der Waals surface area contributed by atoms with Gasteiger partial charge in [-0.05, 0) is 12.3 Å². The van der Waals surface area contributed by atoms with E-state index in [1.54, 1.807) is 6.07 Å². The molecule has 0 saturated heterocycles. The molecule has 0 unspecified atom stereocenters. The third-order valence-electron chi connectivity index (χ3n) is 1.52. The number of hydrogen-bond donors (Lipinski definition) is 1. The first-order valence-electron chi connectivity index (χ1n) is 3.57. The number of carbonyl (C=O) groups is 1. The first kappa shape index (κ1) is 9.85. The Morgan fingerprint density at radius 1 is 1.69 bits per heavy atom. The molecule has 0 atom stereocenters. The number of nitrogen functional groups attached to an aromatic ring is 1. The van der Waals surface area contributed by atoms with Gasteiger partial charge in [0.1, 0.15) is 0 Å². The molecule has 0 amide bonds. The van der Waals surface area contributed by atoms with E-state index < -0.39 is 5.97 Å². The van der Waals surface area contributed by atoms with Crippen LogP contribution in [0.15, 0.2) is 17.3 Å². The van der Waals surface area contributed by atoms with Crippen LogP contribution in [0.2, 0.25) is 0 Å². The van der Waals surface area contributed by atoms with Gasteiger partial charge in [-0.2, -0.15) is 0 Å². The van der Waals surface area contributed by atoms with Crippen LogP contribution in [0.5, 0.6) is 0 Å². The first-order chi connectivity index (χ1) is 6.19. The number of nitrogens with zero attached hydrogens (tertiary/aromatic N) is 1. The summed E-state index contributed by atoms with van der Waals surface area (Å²) >= 11 is 1.45. The standard InChI is InChI=1S/C8H10N2O2S/c1-12-8(11)5-3-7(13-2)10-4-6(5)9/h3-4H,9H2,1-2H3. The van der Waals surface area contributed by atoms with Crippen LogP contribution in [-0.2, 0) is 4.74 Å². The zero-order valence-corrected chi connectivity index (χ0v) is 8.22. The van der Waals surface area contributed by atoms with Crippen LogP contribution in [0.25, 0.3) is 0 Å². The molecule has 1 heterocycles. The topological polar surface area (TPSA) is 65.2 Å². The summed E-state index contributed by atoms with van der Waals surface area (Å²) < 4.78 is 4.56. The lowest BCUT2D eigenvalue weighted by molar-refractivity contribution is 0.0601. The lowest BCUT2D eigenvalue weighted by Gasteiger charge is -2.03. The minimum Gasteiger partial charge on any atom is -0.465 e. The molecule has 0 aliphatic carbocycles. The highest BCUT2D eigenvalue weighted by Gasteiger charge is 2.10. The van der Waals surface area contributed by atoms with Crippen LogP contribution in [0.3, 0.4) is 0 Å². The quantitative estimate of drug-likeness (QED) is 0.571. The molecule has 4 nitrogen and oxygen atoms in total. The van der Waals surface area contributed by atoms with Crippen molar-refractivity contribution in [3.63, 3.8) is 0 Å². The zero-order chi connectivity index (χ0) is 9.84. The average molecular weight is 198 g/mol. The predicted octanol–water partition coefficient (Wildman–Crippen LogP) is 1.17. The highest BCUT2D eigenvalue weighted by atomic mass is 32.2. The third kappa shape index (κ3) is 2.12. The molecule has 0 aliphatic rings. The smallest absolute Gasteiger partial charge is 0.340 e. The van der Waals surface area contributed by atoms with Gasteiger partial charge >= 0.3 is 5.97 Å². The second kappa shape index (κ2) is 4.13. The van der Waals surface area contributed by atoms with Gasteiger partial charge in [0.15, 0.2) is 0 Å². The van der Waals surface area contributed by atoms with Crippen LogP contribution in [-0.4, -0.2) is 24.3 Å². The molecular weight excluding hydrogens is 188 g/mol. The Labute approximate surface area is 80.5 Å². The van der Waals surface area contributed by atoms with E-state index in [-0.39, 0.29) is 0 Å². The monoisotopic (exact) mass is 198 g/mol. The third-order valence-corrected chi connectivity index (χ3v) is 2.17. The molecule has 0 spiro atoms. The summed E-state index contributed by atoms with van der Waals surface area (Å²) in [6, 6.07) is 1.62. The fourth-order valence-electron chi connectivity index (χ4n) is 0.845. The fraction of sp³-hybridized carbons (Fsp3) is 0.250. The summed E-state index contributed by atoms with van der Waals surface area (Å²) in [6.07, 6.45) is 3.33. The Balaban J connectivity index is 3.11. The molecule has 70 valence electrons. The minimum atomic E-state index is -0.435. The number of methoxy groups -OCH3 is 1. The number of esters is 1. The van der Waals surface area contributed by atoms with Crippen LogP contribution < -0.4 is 5.73 Å². The molecule has 1 rings (SSSR count). The van der Waals surface area contributed by atoms with Gasteiger partial charge in [-0.3, -0.25) is 0 Å². The summed E-state index contributed by atoms with van der Waals surface area (Å²) in [6.45, 7) is 0. The second-order valence-corrected chi connectivity index (χ2v) is 3.13. The van der Waals surface area contributed by atoms with Crippen molar-refractivity contribution in [2.75, 3.05) is 19.1 Å². The first-order valence-corrected chi connectivity index (χ1v) is 4.79. The van der Waals surface area contributed by atoms with Crippen LogP contribution in [0.1, 0.15) is 10.4 Å². The van der Waals surface area contributed by atoms with Gasteiger partial charge in [0.2, 0.25) is 0 Å². The summed E-state index contributed by atoms with van der Waals surface area (Å²) in [7, 11) is 1.32. The summed E-state index contributed by atoms with van der Waals surface area (Å²) in [4.78, 5) is 15.2. The van der Waals surface area contributed by atoms with E-state index in [9.17, 15) is 4.79 Å². The molecule has 0 saturated carbocycles. The molecule has 13 heavy (non-hydrogen) atoms. The van der Waals surface area contributed by atoms with E-state index in [1.165, 1.54) is 25.1 Å². The number of pyridine rings is 1. The zero-order valence-electron chi connectivity index (χ0n) is 7.40. The molecule has 1 aromatic rings. The lowest BCUT2D eigenvalue weighted by atomic mass is 10.2. The number of thioether (sulfide) groups is 1. The molecular formula is C8H10N2O2S. The number of ether oxygens (including phenoxy) is 1. The van der Waals surface area contributed by atoms with Gasteiger partial charge in [0.05, 0.1) is 29.6 Å². The molecule has 0 fully saturated rings. The second-order valence-electron chi connectivity index (χ2n) is 2.31. The molecule has 0 bridgehead atoms. The molecule has 0 aromatic carbocycles. The lowest BCUT2D eigenvalue weighted by Crippen LogP contribution is -2.06. The Bertz CT molecular complexity index is 328. The number of hydrogen-bond acceptors (Lipinski definition) is 5. The minimum absolute atomic E-state index is 0.338. The normalized spacial score (nSPS) is 9.69. The van der Waals surface area contributed by atoms with Gasteiger partial charge in [-0.15, -0.1) is 11.8 Å². The van der Waals surface area contributed by atoms with E-state index in [2.05, 4.69) is 9.72 Å². The fourth-order valence-corrected chi connectivity index (χ4v) is 1.24. The van der Waals surface area contributed by atoms with E-state index in [1.807, 2.05) is 6.26 Å². The predicted molar refractivity (Wildman–Crippen MR) is 51.8 cm³/mol. The van der Waals surface area contributed by atoms with E-state index in [4.69, 9.17) is 5.73 Å². The van der Waals surface area contributed by atoms with Crippen molar-refractivity contribution in [2.45, 2.75) is 5.03 Å². The Morgan fingerprint density at radius 3 is 2.92 bits per heavy atom. The van der Waals surface area contributed by atoms with Crippen molar-refractivity contribution in [2.24, 2.45) is 0 Å². The van der Waals surface area contributed by atoms with Gasteiger partial charge < -0.3 is 10.5 Å². The van der Waals surface area contributed by atoms with Crippen molar-refractivity contribution in [1.29, 1.82) is 0 Å². The maximum atomic E-state index is 11.2. The largest absolute Gasteiger partial charge is 0.465 e. The molecule has 5 heteroatoms. The van der Waals surface area contributed by atoms with E-state index >= 15 is 0 Å². The molecule has 0 radical (unpaired) electrons. The highest BCUT2D eigenvalue weighted by Crippen LogP contribution is 2.18. The summed E-state index contributed by atoms with van der Waals surface area (Å²) in [5.41, 5.74) is 6.25. The molecule has 2 N–H and O–H groups in total. The summed E-state index contributed by atoms with van der Waals surface area (Å²) in [5, 5.41) is 0.745. The van der Waals surface area contributed by atoms with Crippen LogP contribution >= 0.6 is 11.8 Å². The van der Waals surface area contributed by atoms with Crippen LogP contribution in [0, 0.1) is 0 Å². The number of anilines is 1. The highest BCUT2D eigenvalue weighted by molar-refractivity contribution is 7.98. The number of carbonyl (C=O) groups excluding carboxylic acids is 1. The van der Waals surface area contributed by atoms with Crippen molar-refractivity contribution in [1.82, 2.24) is 4.98 Å². The Morgan fingerprint density at radius 2 is 2.38 bits per heavy atom. The van der Waals surface area contributed by atoms with Crippen molar-refractivity contribution >= 4 is 23.4 Å². The maximum absolute atomic E-state index is 11.2. The van der Waals surface area contributed by atoms with Crippen molar-refractivity contribution in [3.05, 3.63) is 17.8 Å². The van der Waals surface area contributed by atoms with E-state index in [0.717, 1.165) is 5.03 Å².